The summed E-state index contributed by atoms with van der Waals surface area (Å²) in [6, 6.07) is 22.6. The van der Waals surface area contributed by atoms with Gasteiger partial charge in [0.05, 0.1) is 35.7 Å². The molecule has 3 N–H and O–H groups in total. The normalized spacial score (nSPS) is 13.6. The molecule has 3 aromatic carbocycles. The summed E-state index contributed by atoms with van der Waals surface area (Å²) in [6.45, 7) is 2.96. The van der Waals surface area contributed by atoms with Gasteiger partial charge in [-0.1, -0.05) is 48.5 Å². The number of nitrogens with one attached hydrogen (secondary N) is 3. The number of amides is 2. The second kappa shape index (κ2) is 11.5. The fraction of sp³-hybridized carbons (Fsp3) is 0.207. The maximum Gasteiger partial charge on any atom is 0.338 e. The molecule has 2 amide bonds. The molecule has 0 spiro atoms. The Bertz CT molecular complexity index is 1330. The van der Waals surface area contributed by atoms with E-state index in [0.717, 1.165) is 16.8 Å². The molecule has 0 fully saturated rings. The summed E-state index contributed by atoms with van der Waals surface area (Å²) < 4.78 is 5.10. The van der Waals surface area contributed by atoms with Crippen molar-refractivity contribution in [1.82, 2.24) is 10.2 Å². The maximum atomic E-state index is 13.2. The molecule has 4 rings (SSSR count). The summed E-state index contributed by atoms with van der Waals surface area (Å²) in [7, 11) is 3.51. The number of benzene rings is 3. The zero-order chi connectivity index (χ0) is 26.4. The topological polar surface area (TPSA) is 99.8 Å². The largest absolute Gasteiger partial charge is 0.462 e. The molecule has 0 saturated carbocycles. The fourth-order valence-electron chi connectivity index (χ4n) is 4.18. The summed E-state index contributed by atoms with van der Waals surface area (Å²) in [5.74, 6) is -0.723. The van der Waals surface area contributed by atoms with Crippen LogP contribution >= 0.6 is 0 Å². The van der Waals surface area contributed by atoms with Gasteiger partial charge in [0, 0.05) is 24.8 Å². The Hall–Kier alpha value is -4.43. The third-order valence-corrected chi connectivity index (χ3v) is 5.96. The molecule has 8 heteroatoms. The van der Waals surface area contributed by atoms with Crippen LogP contribution in [0, 0.1) is 0 Å². The fourth-order valence-corrected chi connectivity index (χ4v) is 4.18. The molecule has 0 aliphatic carbocycles. The molecule has 0 atom stereocenters. The number of hydrogen-bond donors (Lipinski definition) is 3. The van der Waals surface area contributed by atoms with Gasteiger partial charge in [-0.05, 0) is 49.4 Å². The van der Waals surface area contributed by atoms with Crippen molar-refractivity contribution in [1.29, 1.82) is 0 Å². The first-order chi connectivity index (χ1) is 17.9. The Morgan fingerprint density at radius 1 is 0.973 bits per heavy atom. The van der Waals surface area contributed by atoms with E-state index < -0.39 is 5.97 Å². The van der Waals surface area contributed by atoms with Crippen molar-refractivity contribution in [3.05, 3.63) is 95.1 Å². The van der Waals surface area contributed by atoms with Crippen LogP contribution < -0.4 is 16.0 Å². The van der Waals surface area contributed by atoms with Gasteiger partial charge in [0.25, 0.3) is 5.91 Å². The van der Waals surface area contributed by atoms with Crippen molar-refractivity contribution in [2.75, 3.05) is 37.9 Å². The number of carbonyl (C=O) groups excluding carboxylic acids is 3. The van der Waals surface area contributed by atoms with Crippen LogP contribution in [-0.4, -0.2) is 49.9 Å². The third kappa shape index (κ3) is 6.05. The molecule has 0 unspecified atom stereocenters. The van der Waals surface area contributed by atoms with Gasteiger partial charge in [0.2, 0.25) is 5.91 Å². The van der Waals surface area contributed by atoms with Crippen LogP contribution in [0.1, 0.15) is 34.0 Å². The number of fused-ring (bicyclic) bond motifs is 1. The Morgan fingerprint density at radius 3 is 2.38 bits per heavy atom. The Labute approximate surface area is 216 Å². The average Bonchev–Trinajstić information content (AvgIpc) is 3.23. The molecule has 1 aliphatic heterocycles. The van der Waals surface area contributed by atoms with Gasteiger partial charge in [-0.3, -0.25) is 14.5 Å². The Morgan fingerprint density at radius 2 is 1.70 bits per heavy atom. The number of esters is 1. The minimum absolute atomic E-state index is 0.0376. The molecule has 3 aromatic rings. The molecule has 0 radical (unpaired) electrons. The van der Waals surface area contributed by atoms with E-state index in [0.29, 0.717) is 41.2 Å². The van der Waals surface area contributed by atoms with Crippen LogP contribution in [-0.2, 0) is 20.9 Å². The number of nitrogens with zero attached hydrogens (tertiary/aromatic N) is 1. The van der Waals surface area contributed by atoms with Crippen LogP contribution in [0.4, 0.5) is 11.4 Å². The molecule has 0 bridgehead atoms. The highest BCUT2D eigenvalue weighted by molar-refractivity contribution is 6.37. The first-order valence-corrected chi connectivity index (χ1v) is 12.1. The lowest BCUT2D eigenvalue weighted by Crippen LogP contribution is -2.32. The average molecular weight is 499 g/mol. The van der Waals surface area contributed by atoms with Gasteiger partial charge in [-0.2, -0.15) is 0 Å². The molecular formula is C29H30N4O4. The Balaban J connectivity index is 1.65. The molecule has 1 heterocycles. The van der Waals surface area contributed by atoms with Crippen LogP contribution in [0.2, 0.25) is 0 Å². The van der Waals surface area contributed by atoms with E-state index in [1.54, 1.807) is 32.2 Å². The number of likely N-dealkylation sites (N-methyl/N-ethyl adjacent to an activating group) is 2. The molecule has 0 aromatic heterocycles. The van der Waals surface area contributed by atoms with E-state index in [4.69, 9.17) is 4.74 Å². The van der Waals surface area contributed by atoms with Crippen molar-refractivity contribution >= 4 is 40.4 Å². The molecular weight excluding hydrogens is 468 g/mol. The standard InChI is InChI=1S/C29H30N4O4/c1-4-37-29(36)21-12-15-23-24(16-21)32-28(35)26(23)27(20-8-6-5-7-9-20)31-22-13-10-19(11-14-22)17-33(3)18-25(34)30-2/h5-16,31H,4,17-18H2,1-3H3,(H,30,34)(H,32,35)/b27-26-. The summed E-state index contributed by atoms with van der Waals surface area (Å²) in [5.41, 5.74) is 5.52. The van der Waals surface area contributed by atoms with Gasteiger partial charge in [-0.15, -0.1) is 0 Å². The molecule has 0 saturated heterocycles. The van der Waals surface area contributed by atoms with E-state index in [9.17, 15) is 14.4 Å². The van der Waals surface area contributed by atoms with Crippen molar-refractivity contribution in [3.63, 3.8) is 0 Å². The third-order valence-electron chi connectivity index (χ3n) is 5.96. The smallest absolute Gasteiger partial charge is 0.338 e. The van der Waals surface area contributed by atoms with Crippen LogP contribution in [0.25, 0.3) is 11.3 Å². The van der Waals surface area contributed by atoms with Gasteiger partial charge >= 0.3 is 5.97 Å². The summed E-state index contributed by atoms with van der Waals surface area (Å²) in [4.78, 5) is 38.9. The van der Waals surface area contributed by atoms with Crippen molar-refractivity contribution in [2.45, 2.75) is 13.5 Å². The van der Waals surface area contributed by atoms with Crippen molar-refractivity contribution < 1.29 is 19.1 Å². The minimum Gasteiger partial charge on any atom is -0.462 e. The van der Waals surface area contributed by atoms with E-state index in [2.05, 4.69) is 16.0 Å². The maximum absolute atomic E-state index is 13.2. The van der Waals surface area contributed by atoms with E-state index in [1.165, 1.54) is 0 Å². The number of ether oxygens (including phenoxy) is 1. The first kappa shape index (κ1) is 25.7. The zero-order valence-electron chi connectivity index (χ0n) is 21.1. The molecule has 1 aliphatic rings. The summed E-state index contributed by atoms with van der Waals surface area (Å²) >= 11 is 0. The van der Waals surface area contributed by atoms with E-state index in [1.807, 2.05) is 66.5 Å². The van der Waals surface area contributed by atoms with E-state index in [-0.39, 0.29) is 18.4 Å². The van der Waals surface area contributed by atoms with Gasteiger partial charge in [-0.25, -0.2) is 4.79 Å². The van der Waals surface area contributed by atoms with Gasteiger partial charge in [0.1, 0.15) is 0 Å². The highest BCUT2D eigenvalue weighted by Gasteiger charge is 2.29. The SMILES string of the molecule is CCOC(=O)c1ccc2c(c1)NC(=O)/C2=C(\Nc1ccc(CN(C)CC(=O)NC)cc1)c1ccccc1. The van der Waals surface area contributed by atoms with Crippen LogP contribution in [0.3, 0.4) is 0 Å². The lowest BCUT2D eigenvalue weighted by molar-refractivity contribution is -0.121. The number of anilines is 2. The number of carbonyl (C=O) groups is 3. The molecule has 8 nitrogen and oxygen atoms in total. The van der Waals surface area contributed by atoms with Crippen molar-refractivity contribution in [3.8, 4) is 0 Å². The predicted octanol–water partition coefficient (Wildman–Crippen LogP) is 3.97. The second-order valence-electron chi connectivity index (χ2n) is 8.72. The van der Waals surface area contributed by atoms with Crippen LogP contribution in [0.5, 0.6) is 0 Å². The van der Waals surface area contributed by atoms with Crippen LogP contribution in [0.15, 0.2) is 72.8 Å². The summed E-state index contributed by atoms with van der Waals surface area (Å²) in [6.07, 6.45) is 0. The molecule has 37 heavy (non-hydrogen) atoms. The van der Waals surface area contributed by atoms with Crippen molar-refractivity contribution in [2.24, 2.45) is 0 Å². The first-order valence-electron chi connectivity index (χ1n) is 12.1. The quantitative estimate of drug-likeness (QED) is 0.305. The lowest BCUT2D eigenvalue weighted by Gasteiger charge is -2.17. The van der Waals surface area contributed by atoms with Gasteiger partial charge < -0.3 is 20.7 Å². The zero-order valence-corrected chi connectivity index (χ0v) is 21.1. The highest BCUT2D eigenvalue weighted by Crippen LogP contribution is 2.38. The lowest BCUT2D eigenvalue weighted by atomic mass is 9.99. The number of hydrogen-bond acceptors (Lipinski definition) is 6. The monoisotopic (exact) mass is 498 g/mol. The second-order valence-corrected chi connectivity index (χ2v) is 8.72. The predicted molar refractivity (Wildman–Crippen MR) is 145 cm³/mol. The highest BCUT2D eigenvalue weighted by atomic mass is 16.5. The Kier molecular flexibility index (Phi) is 8.00. The number of rotatable bonds is 9. The summed E-state index contributed by atoms with van der Waals surface area (Å²) in [5, 5.41) is 8.95. The molecule has 190 valence electrons. The van der Waals surface area contributed by atoms with E-state index >= 15 is 0 Å². The minimum atomic E-state index is -0.431. The van der Waals surface area contributed by atoms with Gasteiger partial charge in [0.15, 0.2) is 0 Å².